The maximum absolute atomic E-state index is 6.04. The van der Waals surface area contributed by atoms with Crippen LogP contribution in [0.2, 0.25) is 0 Å². The van der Waals surface area contributed by atoms with E-state index in [2.05, 4.69) is 92.2 Å². The van der Waals surface area contributed by atoms with Crippen molar-refractivity contribution in [3.8, 4) is 33.7 Å². The summed E-state index contributed by atoms with van der Waals surface area (Å²) < 4.78 is 8.35. The highest BCUT2D eigenvalue weighted by Gasteiger charge is 2.25. The Morgan fingerprint density at radius 3 is 1.85 bits per heavy atom. The summed E-state index contributed by atoms with van der Waals surface area (Å²) in [5.74, 6) is 0.912. The first kappa shape index (κ1) is 16.5. The summed E-state index contributed by atoms with van der Waals surface area (Å²) >= 11 is 0. The fourth-order valence-corrected chi connectivity index (χ4v) is 3.41. The zero-order chi connectivity index (χ0) is 18.1. The SMILES string of the molecule is CC(C)(C)n1ccc(-c2ccccc2)c1-c1occc1-c1ccccc1. The van der Waals surface area contributed by atoms with Crippen molar-refractivity contribution in [1.29, 1.82) is 0 Å². The Bertz CT molecular complexity index is 1000. The minimum atomic E-state index is -0.0525. The highest BCUT2D eigenvalue weighted by Crippen LogP contribution is 2.41. The molecule has 0 aliphatic rings. The molecule has 2 nitrogen and oxygen atoms in total. The zero-order valence-electron chi connectivity index (χ0n) is 15.4. The van der Waals surface area contributed by atoms with Gasteiger partial charge in [0, 0.05) is 22.9 Å². The van der Waals surface area contributed by atoms with E-state index in [4.69, 9.17) is 4.42 Å². The molecule has 0 fully saturated rings. The highest BCUT2D eigenvalue weighted by atomic mass is 16.3. The predicted molar refractivity (Wildman–Crippen MR) is 108 cm³/mol. The maximum atomic E-state index is 6.04. The van der Waals surface area contributed by atoms with E-state index in [1.54, 1.807) is 6.26 Å². The van der Waals surface area contributed by atoms with Crippen LogP contribution >= 0.6 is 0 Å². The lowest BCUT2D eigenvalue weighted by Gasteiger charge is -2.25. The molecule has 2 heterocycles. The standard InChI is InChI=1S/C24H23NO/c1-24(2,3)25-16-14-20(18-10-6-4-7-11-18)22(25)23-21(15-17-26-23)19-12-8-5-9-13-19/h4-17H,1-3H3. The number of rotatable bonds is 3. The fraction of sp³-hybridized carbons (Fsp3) is 0.167. The van der Waals surface area contributed by atoms with Gasteiger partial charge in [-0.3, -0.25) is 0 Å². The van der Waals surface area contributed by atoms with Gasteiger partial charge in [-0.15, -0.1) is 0 Å². The molecule has 130 valence electrons. The van der Waals surface area contributed by atoms with E-state index in [9.17, 15) is 0 Å². The van der Waals surface area contributed by atoms with Gasteiger partial charge in [-0.05, 0) is 44.0 Å². The number of furan rings is 1. The van der Waals surface area contributed by atoms with E-state index in [0.29, 0.717) is 0 Å². The molecule has 0 aliphatic heterocycles. The van der Waals surface area contributed by atoms with Crippen LogP contribution in [0.5, 0.6) is 0 Å². The van der Waals surface area contributed by atoms with Gasteiger partial charge >= 0.3 is 0 Å². The van der Waals surface area contributed by atoms with E-state index < -0.39 is 0 Å². The van der Waals surface area contributed by atoms with Crippen LogP contribution < -0.4 is 0 Å². The third-order valence-electron chi connectivity index (χ3n) is 4.66. The molecule has 0 unspecified atom stereocenters. The van der Waals surface area contributed by atoms with Crippen molar-refractivity contribution in [2.75, 3.05) is 0 Å². The fourth-order valence-electron chi connectivity index (χ4n) is 3.41. The Hall–Kier alpha value is -3.00. The van der Waals surface area contributed by atoms with Crippen LogP contribution in [0.3, 0.4) is 0 Å². The highest BCUT2D eigenvalue weighted by molar-refractivity contribution is 5.87. The lowest BCUT2D eigenvalue weighted by molar-refractivity contribution is 0.399. The van der Waals surface area contributed by atoms with Crippen molar-refractivity contribution >= 4 is 0 Å². The molecule has 0 atom stereocenters. The number of hydrogen-bond donors (Lipinski definition) is 0. The van der Waals surface area contributed by atoms with Crippen LogP contribution in [-0.2, 0) is 5.54 Å². The lowest BCUT2D eigenvalue weighted by atomic mass is 9.99. The molecule has 0 saturated carbocycles. The van der Waals surface area contributed by atoms with Crippen molar-refractivity contribution < 1.29 is 4.42 Å². The van der Waals surface area contributed by atoms with Crippen LogP contribution in [0, 0.1) is 0 Å². The third kappa shape index (κ3) is 2.88. The predicted octanol–water partition coefficient (Wildman–Crippen LogP) is 6.84. The summed E-state index contributed by atoms with van der Waals surface area (Å²) in [6.07, 6.45) is 3.95. The van der Waals surface area contributed by atoms with Gasteiger partial charge in [0.1, 0.15) is 0 Å². The van der Waals surface area contributed by atoms with Crippen LogP contribution in [0.4, 0.5) is 0 Å². The van der Waals surface area contributed by atoms with Crippen molar-refractivity contribution in [3.63, 3.8) is 0 Å². The lowest BCUT2D eigenvalue weighted by Crippen LogP contribution is -2.21. The summed E-state index contributed by atoms with van der Waals surface area (Å²) in [4.78, 5) is 0. The maximum Gasteiger partial charge on any atom is 0.158 e. The molecule has 0 bridgehead atoms. The Labute approximate surface area is 154 Å². The average molecular weight is 341 g/mol. The zero-order valence-corrected chi connectivity index (χ0v) is 15.4. The summed E-state index contributed by atoms with van der Waals surface area (Å²) in [6, 6.07) is 25.2. The minimum absolute atomic E-state index is 0.0525. The van der Waals surface area contributed by atoms with Gasteiger partial charge in [-0.1, -0.05) is 60.7 Å². The molecule has 4 aromatic rings. The smallest absolute Gasteiger partial charge is 0.158 e. The first-order valence-electron chi connectivity index (χ1n) is 8.96. The molecule has 2 heteroatoms. The molecule has 0 N–H and O–H groups in total. The molecule has 0 amide bonds. The van der Waals surface area contributed by atoms with E-state index >= 15 is 0 Å². The van der Waals surface area contributed by atoms with Crippen LogP contribution in [0.1, 0.15) is 20.8 Å². The number of benzene rings is 2. The van der Waals surface area contributed by atoms with E-state index in [1.807, 2.05) is 12.1 Å². The van der Waals surface area contributed by atoms with Crippen LogP contribution in [0.15, 0.2) is 89.7 Å². The monoisotopic (exact) mass is 341 g/mol. The van der Waals surface area contributed by atoms with E-state index in [1.165, 1.54) is 11.1 Å². The molecule has 0 spiro atoms. The van der Waals surface area contributed by atoms with Gasteiger partial charge in [0.2, 0.25) is 0 Å². The first-order valence-corrected chi connectivity index (χ1v) is 8.96. The van der Waals surface area contributed by atoms with Crippen molar-refractivity contribution in [2.24, 2.45) is 0 Å². The van der Waals surface area contributed by atoms with Crippen LogP contribution in [0.25, 0.3) is 33.7 Å². The summed E-state index contributed by atoms with van der Waals surface area (Å²) in [6.45, 7) is 6.66. The minimum Gasteiger partial charge on any atom is -0.462 e. The van der Waals surface area contributed by atoms with Crippen molar-refractivity contribution in [3.05, 3.63) is 85.3 Å². The molecule has 26 heavy (non-hydrogen) atoms. The topological polar surface area (TPSA) is 18.1 Å². The Morgan fingerprint density at radius 2 is 1.27 bits per heavy atom. The molecule has 2 aromatic heterocycles. The summed E-state index contributed by atoms with van der Waals surface area (Å²) in [7, 11) is 0. The molecular weight excluding hydrogens is 318 g/mol. The number of hydrogen-bond acceptors (Lipinski definition) is 1. The Kier molecular flexibility index (Phi) is 4.04. The third-order valence-corrected chi connectivity index (χ3v) is 4.66. The summed E-state index contributed by atoms with van der Waals surface area (Å²) in [5.41, 5.74) is 5.73. The van der Waals surface area contributed by atoms with Gasteiger partial charge < -0.3 is 8.98 Å². The van der Waals surface area contributed by atoms with Gasteiger partial charge in [-0.2, -0.15) is 0 Å². The molecule has 0 saturated heterocycles. The van der Waals surface area contributed by atoms with E-state index in [0.717, 1.165) is 22.6 Å². The first-order chi connectivity index (χ1) is 12.6. The number of nitrogens with zero attached hydrogens (tertiary/aromatic N) is 1. The van der Waals surface area contributed by atoms with Gasteiger partial charge in [0.15, 0.2) is 5.76 Å². The molecule has 2 aromatic carbocycles. The largest absolute Gasteiger partial charge is 0.462 e. The van der Waals surface area contributed by atoms with Crippen molar-refractivity contribution in [2.45, 2.75) is 26.3 Å². The van der Waals surface area contributed by atoms with Crippen molar-refractivity contribution in [1.82, 2.24) is 4.57 Å². The quantitative estimate of drug-likeness (QED) is 0.399. The normalized spacial score (nSPS) is 11.7. The van der Waals surface area contributed by atoms with Gasteiger partial charge in [0.25, 0.3) is 0 Å². The molecule has 0 radical (unpaired) electrons. The molecule has 0 aliphatic carbocycles. The van der Waals surface area contributed by atoms with Gasteiger partial charge in [0.05, 0.1) is 12.0 Å². The number of aromatic nitrogens is 1. The second-order valence-corrected chi connectivity index (χ2v) is 7.51. The second kappa shape index (κ2) is 6.38. The summed E-state index contributed by atoms with van der Waals surface area (Å²) in [5, 5.41) is 0. The van der Waals surface area contributed by atoms with Crippen LogP contribution in [-0.4, -0.2) is 4.57 Å². The Balaban J connectivity index is 1.98. The molecule has 4 rings (SSSR count). The van der Waals surface area contributed by atoms with E-state index in [-0.39, 0.29) is 5.54 Å². The second-order valence-electron chi connectivity index (χ2n) is 7.51. The molecular formula is C24H23NO. The average Bonchev–Trinajstić information content (AvgIpc) is 3.29. The van der Waals surface area contributed by atoms with Gasteiger partial charge in [-0.25, -0.2) is 0 Å². The Morgan fingerprint density at radius 1 is 0.692 bits per heavy atom.